The zero-order chi connectivity index (χ0) is 22.9. The van der Waals surface area contributed by atoms with Crippen molar-refractivity contribution >= 4 is 17.1 Å². The molecule has 0 atom stereocenters. The molecule has 1 N–H and O–H groups in total. The molecule has 0 aromatic heterocycles. The maximum absolute atomic E-state index is 9.14. The van der Waals surface area contributed by atoms with Crippen molar-refractivity contribution in [2.24, 2.45) is 0 Å². The summed E-state index contributed by atoms with van der Waals surface area (Å²) in [5.74, 6) is 0. The molecular formula is C31H33NO. The molecule has 0 amide bonds. The Hall–Kier alpha value is -3.36. The second kappa shape index (κ2) is 11.5. The van der Waals surface area contributed by atoms with Crippen molar-refractivity contribution in [1.82, 2.24) is 0 Å². The lowest BCUT2D eigenvalue weighted by Crippen LogP contribution is -2.10. The Balaban J connectivity index is 1.66. The Labute approximate surface area is 198 Å². The van der Waals surface area contributed by atoms with E-state index < -0.39 is 0 Å². The number of hydrogen-bond donors (Lipinski definition) is 1. The van der Waals surface area contributed by atoms with Crippen LogP contribution >= 0.6 is 0 Å². The predicted octanol–water partition coefficient (Wildman–Crippen LogP) is 8.09. The van der Waals surface area contributed by atoms with Crippen LogP contribution in [-0.2, 0) is 12.8 Å². The van der Waals surface area contributed by atoms with Gasteiger partial charge in [0.15, 0.2) is 0 Å². The van der Waals surface area contributed by atoms with E-state index in [2.05, 4.69) is 109 Å². The summed E-state index contributed by atoms with van der Waals surface area (Å²) >= 11 is 0. The molecule has 4 rings (SSSR count). The van der Waals surface area contributed by atoms with Crippen LogP contribution in [0.1, 0.15) is 37.3 Å². The molecule has 0 spiro atoms. The minimum Gasteiger partial charge on any atom is -0.396 e. The number of unbranched alkanes of at least 4 members (excludes halogenated alkanes) is 1. The molecule has 0 radical (unpaired) electrons. The zero-order valence-corrected chi connectivity index (χ0v) is 19.5. The Bertz CT molecular complexity index is 1050. The monoisotopic (exact) mass is 435 g/mol. The van der Waals surface area contributed by atoms with Crippen molar-refractivity contribution in [3.8, 4) is 11.1 Å². The Morgan fingerprint density at radius 1 is 0.545 bits per heavy atom. The van der Waals surface area contributed by atoms with Crippen LogP contribution in [0.2, 0.25) is 0 Å². The van der Waals surface area contributed by atoms with Crippen molar-refractivity contribution in [1.29, 1.82) is 0 Å². The summed E-state index contributed by atoms with van der Waals surface area (Å²) in [5, 5.41) is 9.14. The topological polar surface area (TPSA) is 23.5 Å². The molecule has 33 heavy (non-hydrogen) atoms. The molecule has 0 saturated heterocycles. The van der Waals surface area contributed by atoms with Gasteiger partial charge in [0, 0.05) is 23.7 Å². The Kier molecular flexibility index (Phi) is 7.94. The van der Waals surface area contributed by atoms with E-state index in [0.29, 0.717) is 0 Å². The number of hydrogen-bond acceptors (Lipinski definition) is 2. The first kappa shape index (κ1) is 22.8. The number of aryl methyl sites for hydroxylation is 2. The second-order valence-electron chi connectivity index (χ2n) is 8.51. The highest BCUT2D eigenvalue weighted by atomic mass is 16.2. The summed E-state index contributed by atoms with van der Waals surface area (Å²) in [6, 6.07) is 37.0. The van der Waals surface area contributed by atoms with Gasteiger partial charge in [0.2, 0.25) is 0 Å². The molecule has 168 valence electrons. The lowest BCUT2D eigenvalue weighted by molar-refractivity contribution is 0.288. The van der Waals surface area contributed by atoms with Gasteiger partial charge in [-0.25, -0.2) is 0 Å². The van der Waals surface area contributed by atoms with Crippen molar-refractivity contribution in [2.45, 2.75) is 39.0 Å². The van der Waals surface area contributed by atoms with Gasteiger partial charge >= 0.3 is 0 Å². The van der Waals surface area contributed by atoms with Crippen molar-refractivity contribution in [2.75, 3.05) is 11.5 Å². The highest BCUT2D eigenvalue weighted by Gasteiger charge is 2.13. The van der Waals surface area contributed by atoms with E-state index in [9.17, 15) is 0 Å². The van der Waals surface area contributed by atoms with Crippen LogP contribution in [0, 0.1) is 0 Å². The fourth-order valence-electron chi connectivity index (χ4n) is 4.17. The highest BCUT2D eigenvalue weighted by Crippen LogP contribution is 2.36. The molecule has 0 bridgehead atoms. The summed E-state index contributed by atoms with van der Waals surface area (Å²) in [7, 11) is 0. The van der Waals surface area contributed by atoms with Gasteiger partial charge in [0.25, 0.3) is 0 Å². The van der Waals surface area contributed by atoms with Gasteiger partial charge in [0.05, 0.1) is 0 Å². The Morgan fingerprint density at radius 3 is 1.48 bits per heavy atom. The third-order valence-corrected chi connectivity index (χ3v) is 6.06. The smallest absolute Gasteiger partial charge is 0.0462 e. The van der Waals surface area contributed by atoms with E-state index in [4.69, 9.17) is 5.11 Å². The molecule has 0 heterocycles. The first-order valence-corrected chi connectivity index (χ1v) is 12.0. The van der Waals surface area contributed by atoms with E-state index in [-0.39, 0.29) is 6.61 Å². The third-order valence-electron chi connectivity index (χ3n) is 6.06. The Morgan fingerprint density at radius 2 is 1.00 bits per heavy atom. The van der Waals surface area contributed by atoms with Gasteiger partial charge in [-0.1, -0.05) is 80.1 Å². The second-order valence-corrected chi connectivity index (χ2v) is 8.51. The van der Waals surface area contributed by atoms with Gasteiger partial charge in [-0.2, -0.15) is 0 Å². The normalized spacial score (nSPS) is 10.8. The van der Waals surface area contributed by atoms with Crippen LogP contribution in [0.25, 0.3) is 11.1 Å². The number of anilines is 3. The minimum absolute atomic E-state index is 0.228. The number of nitrogens with zero attached hydrogens (tertiary/aromatic N) is 1. The van der Waals surface area contributed by atoms with Crippen LogP contribution in [0.4, 0.5) is 17.1 Å². The molecule has 4 aromatic carbocycles. The van der Waals surface area contributed by atoms with Gasteiger partial charge in [-0.05, 0) is 84.3 Å². The van der Waals surface area contributed by atoms with Crippen LogP contribution in [0.15, 0.2) is 103 Å². The quantitative estimate of drug-likeness (QED) is 0.272. The van der Waals surface area contributed by atoms with Crippen LogP contribution in [-0.4, -0.2) is 11.7 Å². The average Bonchev–Trinajstić information content (AvgIpc) is 2.89. The number of aliphatic hydroxyl groups excluding tert-OH is 1. The fourth-order valence-corrected chi connectivity index (χ4v) is 4.17. The molecule has 2 nitrogen and oxygen atoms in total. The molecule has 0 fully saturated rings. The lowest BCUT2D eigenvalue weighted by Gasteiger charge is -2.26. The number of aliphatic hydroxyl groups is 1. The van der Waals surface area contributed by atoms with Gasteiger partial charge in [-0.15, -0.1) is 0 Å². The number of benzene rings is 4. The van der Waals surface area contributed by atoms with Crippen molar-refractivity contribution in [3.63, 3.8) is 0 Å². The summed E-state index contributed by atoms with van der Waals surface area (Å²) in [5.41, 5.74) is 8.51. The molecule has 0 unspecified atom stereocenters. The lowest BCUT2D eigenvalue weighted by atomic mass is 10.0. The molecule has 0 aliphatic heterocycles. The highest BCUT2D eigenvalue weighted by molar-refractivity contribution is 5.78. The maximum atomic E-state index is 9.14. The van der Waals surface area contributed by atoms with E-state index in [0.717, 1.165) is 36.3 Å². The SMILES string of the molecule is CCCCc1ccc(N(c2ccc(CCCO)cc2)c2ccc(-c3ccccc3)cc2)cc1. The van der Waals surface area contributed by atoms with Gasteiger partial charge in [0.1, 0.15) is 0 Å². The summed E-state index contributed by atoms with van der Waals surface area (Å²) < 4.78 is 0. The molecule has 0 aliphatic rings. The largest absolute Gasteiger partial charge is 0.396 e. The summed E-state index contributed by atoms with van der Waals surface area (Å²) in [6.45, 7) is 2.46. The number of rotatable bonds is 10. The van der Waals surface area contributed by atoms with E-state index in [1.807, 2.05) is 6.07 Å². The predicted molar refractivity (Wildman–Crippen MR) is 141 cm³/mol. The molecule has 0 aliphatic carbocycles. The minimum atomic E-state index is 0.228. The molecule has 0 saturated carbocycles. The van der Waals surface area contributed by atoms with Gasteiger partial charge < -0.3 is 10.0 Å². The van der Waals surface area contributed by atoms with Gasteiger partial charge in [-0.3, -0.25) is 0 Å². The van der Waals surface area contributed by atoms with Crippen molar-refractivity contribution < 1.29 is 5.11 Å². The molecule has 4 aromatic rings. The molecular weight excluding hydrogens is 402 g/mol. The van der Waals surface area contributed by atoms with E-state index in [1.54, 1.807) is 0 Å². The van der Waals surface area contributed by atoms with E-state index >= 15 is 0 Å². The first-order valence-electron chi connectivity index (χ1n) is 12.0. The van der Waals surface area contributed by atoms with Crippen LogP contribution in [0.5, 0.6) is 0 Å². The summed E-state index contributed by atoms with van der Waals surface area (Å²) in [6.07, 6.45) is 5.25. The van der Waals surface area contributed by atoms with E-state index in [1.165, 1.54) is 35.1 Å². The van der Waals surface area contributed by atoms with Crippen LogP contribution in [0.3, 0.4) is 0 Å². The first-order chi connectivity index (χ1) is 16.3. The molecule has 2 heteroatoms. The maximum Gasteiger partial charge on any atom is 0.0462 e. The van der Waals surface area contributed by atoms with Crippen LogP contribution < -0.4 is 4.90 Å². The zero-order valence-electron chi connectivity index (χ0n) is 19.5. The van der Waals surface area contributed by atoms with Crippen molar-refractivity contribution in [3.05, 3.63) is 114 Å². The third kappa shape index (κ3) is 5.91. The summed E-state index contributed by atoms with van der Waals surface area (Å²) in [4.78, 5) is 2.31. The fraction of sp³-hybridized carbons (Fsp3) is 0.226. The average molecular weight is 436 g/mol. The standard InChI is InChI=1S/C31H33NO/c1-2-3-8-25-12-18-29(19-13-25)32(30-20-14-26(15-21-30)9-7-24-33)31-22-16-28(17-23-31)27-10-5-4-6-11-27/h4-6,10-23,33H,2-3,7-9,24H2,1H3.